The molecule has 0 radical (unpaired) electrons. The lowest BCUT2D eigenvalue weighted by atomic mass is 10.1. The van der Waals surface area contributed by atoms with Gasteiger partial charge >= 0.3 is 6.03 Å². The van der Waals surface area contributed by atoms with E-state index in [0.717, 1.165) is 35.4 Å². The van der Waals surface area contributed by atoms with Crippen LogP contribution >= 0.6 is 11.9 Å². The first-order valence-corrected chi connectivity index (χ1v) is 9.66. The van der Waals surface area contributed by atoms with Gasteiger partial charge < -0.3 is 15.4 Å². The second kappa shape index (κ2) is 7.85. The molecule has 5 N–H and O–H groups in total. The van der Waals surface area contributed by atoms with E-state index in [0.29, 0.717) is 11.1 Å². The van der Waals surface area contributed by atoms with Crippen molar-refractivity contribution in [3.05, 3.63) is 48.2 Å². The molecule has 0 spiro atoms. The number of nitrogens with one attached hydrogen (secondary N) is 5. The van der Waals surface area contributed by atoms with Crippen LogP contribution in [-0.2, 0) is 0 Å². The second-order valence-electron chi connectivity index (χ2n) is 6.42. The summed E-state index contributed by atoms with van der Waals surface area (Å²) >= 11 is 1.65. The molecule has 0 aliphatic carbocycles. The van der Waals surface area contributed by atoms with E-state index in [9.17, 15) is 4.79 Å². The van der Waals surface area contributed by atoms with Gasteiger partial charge in [0.15, 0.2) is 5.82 Å². The summed E-state index contributed by atoms with van der Waals surface area (Å²) < 4.78 is 3.27. The minimum atomic E-state index is -0.302. The molecule has 3 aromatic rings. The maximum absolute atomic E-state index is 12.2. The number of urea groups is 1. The van der Waals surface area contributed by atoms with Crippen molar-refractivity contribution in [2.45, 2.75) is 18.2 Å². The average Bonchev–Trinajstić information content (AvgIpc) is 3.03. The number of pyridine rings is 1. The van der Waals surface area contributed by atoms with E-state index in [4.69, 9.17) is 0 Å². The Labute approximate surface area is 161 Å². The minimum Gasteiger partial charge on any atom is -0.331 e. The molecule has 0 unspecified atom stereocenters. The highest BCUT2D eigenvalue weighted by molar-refractivity contribution is 8.01. The standard InChI is InChI=1S/C18H21N7OS/c1-11(12-5-3-2-4-6-12)21-18(26)22-16-7-15-14(10-20-16)17(24-23-15)25-27-13-8-19-9-13/h2-7,10-11,13,19H,8-9H2,1H3,(H2,23,24,25)(H2,20,21,22,26)/t11-/m1/s1. The number of aromatic nitrogens is 3. The third-order valence-electron chi connectivity index (χ3n) is 4.40. The van der Waals surface area contributed by atoms with E-state index in [1.807, 2.05) is 37.3 Å². The molecule has 1 atom stereocenters. The number of hydrogen-bond donors (Lipinski definition) is 5. The zero-order chi connectivity index (χ0) is 18.6. The topological polar surface area (TPSA) is 107 Å². The first kappa shape index (κ1) is 17.6. The number of anilines is 2. The number of nitrogens with zero attached hydrogens (tertiary/aromatic N) is 2. The molecule has 4 rings (SSSR count). The molecule has 9 heteroatoms. The van der Waals surface area contributed by atoms with E-state index in [1.165, 1.54) is 0 Å². The SMILES string of the molecule is C[C@@H](NC(=O)Nc1cc2[nH]nc(NSC3CNC3)c2cn1)c1ccccc1. The van der Waals surface area contributed by atoms with Crippen LogP contribution in [0.4, 0.5) is 16.4 Å². The normalized spacial score (nSPS) is 15.1. The Kier molecular flexibility index (Phi) is 5.12. The first-order chi connectivity index (χ1) is 13.2. The Balaban J connectivity index is 1.38. The Morgan fingerprint density at radius 1 is 1.30 bits per heavy atom. The van der Waals surface area contributed by atoms with Crippen molar-refractivity contribution >= 4 is 40.5 Å². The molecule has 0 bridgehead atoms. The van der Waals surface area contributed by atoms with Crippen LogP contribution in [0.3, 0.4) is 0 Å². The van der Waals surface area contributed by atoms with Gasteiger partial charge in [-0.15, -0.1) is 0 Å². The van der Waals surface area contributed by atoms with Gasteiger partial charge in [0.1, 0.15) is 5.82 Å². The lowest BCUT2D eigenvalue weighted by Gasteiger charge is -2.25. The van der Waals surface area contributed by atoms with Crippen LogP contribution in [0, 0.1) is 0 Å². The number of aromatic amines is 1. The predicted octanol–water partition coefficient (Wildman–Crippen LogP) is 2.87. The van der Waals surface area contributed by atoms with Crippen molar-refractivity contribution in [1.82, 2.24) is 25.8 Å². The highest BCUT2D eigenvalue weighted by atomic mass is 32.2. The summed E-state index contributed by atoms with van der Waals surface area (Å²) in [5, 5.41) is 17.6. The highest BCUT2D eigenvalue weighted by Gasteiger charge is 2.18. The second-order valence-corrected chi connectivity index (χ2v) is 7.52. The van der Waals surface area contributed by atoms with E-state index in [-0.39, 0.29) is 12.1 Å². The fraction of sp³-hybridized carbons (Fsp3) is 0.278. The van der Waals surface area contributed by atoms with Crippen LogP contribution in [0.1, 0.15) is 18.5 Å². The quantitative estimate of drug-likeness (QED) is 0.419. The predicted molar refractivity (Wildman–Crippen MR) is 109 cm³/mol. The summed E-state index contributed by atoms with van der Waals surface area (Å²) in [7, 11) is 0. The Hall–Kier alpha value is -2.78. The van der Waals surface area contributed by atoms with Gasteiger partial charge in [-0.25, -0.2) is 9.78 Å². The van der Waals surface area contributed by atoms with Gasteiger partial charge in [0, 0.05) is 30.6 Å². The minimum absolute atomic E-state index is 0.101. The van der Waals surface area contributed by atoms with E-state index >= 15 is 0 Å². The van der Waals surface area contributed by atoms with Crippen LogP contribution in [0.2, 0.25) is 0 Å². The molecule has 2 aromatic heterocycles. The summed E-state index contributed by atoms with van der Waals surface area (Å²) in [6.45, 7) is 3.94. The Bertz CT molecular complexity index is 926. The van der Waals surface area contributed by atoms with Crippen molar-refractivity contribution in [2.75, 3.05) is 23.1 Å². The average molecular weight is 383 g/mol. The smallest absolute Gasteiger partial charge is 0.320 e. The summed E-state index contributed by atoms with van der Waals surface area (Å²) in [6, 6.07) is 11.2. The molecule has 1 aromatic carbocycles. The van der Waals surface area contributed by atoms with E-state index in [2.05, 4.69) is 35.9 Å². The van der Waals surface area contributed by atoms with Crippen LogP contribution in [0.5, 0.6) is 0 Å². The number of amides is 2. The number of carbonyl (C=O) groups is 1. The van der Waals surface area contributed by atoms with E-state index in [1.54, 1.807) is 24.2 Å². The third-order valence-corrected chi connectivity index (χ3v) is 5.38. The summed E-state index contributed by atoms with van der Waals surface area (Å²) in [6.07, 6.45) is 1.71. The number of carbonyl (C=O) groups excluding carboxylic acids is 1. The highest BCUT2D eigenvalue weighted by Crippen LogP contribution is 2.25. The number of hydrogen-bond acceptors (Lipinski definition) is 6. The van der Waals surface area contributed by atoms with Crippen LogP contribution in [-0.4, -0.2) is 39.6 Å². The molecule has 1 saturated heterocycles. The van der Waals surface area contributed by atoms with Gasteiger partial charge in [-0.05, 0) is 24.4 Å². The van der Waals surface area contributed by atoms with Crippen molar-refractivity contribution in [1.29, 1.82) is 0 Å². The van der Waals surface area contributed by atoms with Crippen LogP contribution < -0.4 is 20.7 Å². The van der Waals surface area contributed by atoms with Crippen LogP contribution in [0.15, 0.2) is 42.6 Å². The lowest BCUT2D eigenvalue weighted by Crippen LogP contribution is -2.45. The van der Waals surface area contributed by atoms with Gasteiger partial charge in [0.05, 0.1) is 16.9 Å². The molecule has 1 fully saturated rings. The Morgan fingerprint density at radius 3 is 2.85 bits per heavy atom. The molecule has 0 saturated carbocycles. The van der Waals surface area contributed by atoms with Crippen molar-refractivity contribution in [3.63, 3.8) is 0 Å². The van der Waals surface area contributed by atoms with Gasteiger partial charge in [-0.3, -0.25) is 10.4 Å². The summed E-state index contributed by atoms with van der Waals surface area (Å²) in [5.74, 6) is 1.22. The van der Waals surface area contributed by atoms with Crippen molar-refractivity contribution < 1.29 is 4.79 Å². The molecule has 2 amide bonds. The Morgan fingerprint density at radius 2 is 2.11 bits per heavy atom. The van der Waals surface area contributed by atoms with E-state index < -0.39 is 0 Å². The monoisotopic (exact) mass is 383 g/mol. The van der Waals surface area contributed by atoms with Crippen LogP contribution in [0.25, 0.3) is 10.9 Å². The molecule has 140 valence electrons. The molecular weight excluding hydrogens is 362 g/mol. The molecule has 1 aliphatic heterocycles. The largest absolute Gasteiger partial charge is 0.331 e. The van der Waals surface area contributed by atoms with Gasteiger partial charge in [0.25, 0.3) is 0 Å². The summed E-state index contributed by atoms with van der Waals surface area (Å²) in [4.78, 5) is 16.6. The number of fused-ring (bicyclic) bond motifs is 1. The summed E-state index contributed by atoms with van der Waals surface area (Å²) in [5.41, 5.74) is 1.85. The van der Waals surface area contributed by atoms with Gasteiger partial charge in [-0.2, -0.15) is 5.10 Å². The third kappa shape index (κ3) is 4.15. The molecule has 8 nitrogen and oxygen atoms in total. The number of rotatable bonds is 6. The van der Waals surface area contributed by atoms with Crippen molar-refractivity contribution in [3.8, 4) is 0 Å². The van der Waals surface area contributed by atoms with Gasteiger partial charge in [0.2, 0.25) is 0 Å². The first-order valence-electron chi connectivity index (χ1n) is 8.78. The van der Waals surface area contributed by atoms with Gasteiger partial charge in [-0.1, -0.05) is 30.3 Å². The number of H-pyrrole nitrogens is 1. The maximum atomic E-state index is 12.2. The molecule has 27 heavy (non-hydrogen) atoms. The molecular formula is C18H21N7OS. The van der Waals surface area contributed by atoms with Crippen molar-refractivity contribution in [2.24, 2.45) is 0 Å². The molecule has 3 heterocycles. The zero-order valence-electron chi connectivity index (χ0n) is 14.8. The fourth-order valence-corrected chi connectivity index (χ4v) is 3.55. The number of benzene rings is 1. The lowest BCUT2D eigenvalue weighted by molar-refractivity contribution is 0.249. The zero-order valence-corrected chi connectivity index (χ0v) is 15.6. The fourth-order valence-electron chi connectivity index (χ4n) is 2.72. The maximum Gasteiger partial charge on any atom is 0.320 e. The molecule has 1 aliphatic rings.